The fourth-order valence-electron chi connectivity index (χ4n) is 3.72. The van der Waals surface area contributed by atoms with Gasteiger partial charge in [0.1, 0.15) is 23.8 Å². The van der Waals surface area contributed by atoms with Crippen molar-refractivity contribution < 1.29 is 24.1 Å². The molecule has 0 aromatic heterocycles. The van der Waals surface area contributed by atoms with Crippen LogP contribution >= 0.6 is 0 Å². The Balaban J connectivity index is 1.51. The second-order valence-electron chi connectivity index (χ2n) is 7.49. The molecule has 3 rings (SSSR count). The molecule has 0 spiro atoms. The van der Waals surface area contributed by atoms with Crippen LogP contribution in [0.1, 0.15) is 44.9 Å². The lowest BCUT2D eigenvalue weighted by Gasteiger charge is -2.33. The molecule has 1 saturated heterocycles. The first kappa shape index (κ1) is 18.1. The van der Waals surface area contributed by atoms with Gasteiger partial charge in [-0.3, -0.25) is 4.79 Å². The molecule has 5 nitrogen and oxygen atoms in total. The molecule has 1 aliphatic heterocycles. The van der Waals surface area contributed by atoms with Gasteiger partial charge in [-0.1, -0.05) is 19.3 Å². The van der Waals surface area contributed by atoms with Gasteiger partial charge >= 0.3 is 0 Å². The van der Waals surface area contributed by atoms with E-state index >= 15 is 0 Å². The largest absolute Gasteiger partial charge is 0.491 e. The highest BCUT2D eigenvalue weighted by molar-refractivity contribution is 5.77. The van der Waals surface area contributed by atoms with E-state index in [9.17, 15) is 19.4 Å². The van der Waals surface area contributed by atoms with Gasteiger partial charge in [0.25, 0.3) is 0 Å². The molecule has 0 bridgehead atoms. The normalized spacial score (nSPS) is 25.8. The molecule has 0 radical (unpaired) electrons. The Kier molecular flexibility index (Phi) is 5.29. The number of hydrogen-bond donors (Lipinski definition) is 2. The number of rotatable bonds is 5. The number of halogens is 1. The van der Waals surface area contributed by atoms with Crippen LogP contribution in [0.4, 0.5) is 4.39 Å². The van der Waals surface area contributed by atoms with E-state index in [1.807, 2.05) is 0 Å². The maximum Gasteiger partial charge on any atom is 0.225 e. The molecule has 25 heavy (non-hydrogen) atoms. The van der Waals surface area contributed by atoms with Crippen LogP contribution in [-0.2, 0) is 4.79 Å². The van der Waals surface area contributed by atoms with Crippen LogP contribution in [0.3, 0.4) is 0 Å². The zero-order chi connectivity index (χ0) is 17.9. The Morgan fingerprint density at radius 1 is 1.08 bits per heavy atom. The molecule has 1 amide bonds. The fraction of sp³-hybridized carbons (Fsp3) is 0.632. The van der Waals surface area contributed by atoms with Crippen molar-refractivity contribution in [3.8, 4) is 5.75 Å². The number of carbonyl (C=O) groups is 1. The number of benzene rings is 1. The minimum absolute atomic E-state index is 0.0483. The number of aliphatic hydroxyl groups is 2. The summed E-state index contributed by atoms with van der Waals surface area (Å²) in [6.07, 6.45) is 4.93. The predicted molar refractivity (Wildman–Crippen MR) is 90.7 cm³/mol. The molecule has 1 heterocycles. The van der Waals surface area contributed by atoms with Crippen LogP contribution in [0.2, 0.25) is 0 Å². The topological polar surface area (TPSA) is 70.0 Å². The van der Waals surface area contributed by atoms with Crippen LogP contribution in [0, 0.1) is 5.82 Å². The van der Waals surface area contributed by atoms with Crippen LogP contribution in [0.5, 0.6) is 5.75 Å². The highest BCUT2D eigenvalue weighted by atomic mass is 19.1. The van der Waals surface area contributed by atoms with Crippen LogP contribution in [0.25, 0.3) is 0 Å². The maximum absolute atomic E-state index is 12.9. The van der Waals surface area contributed by atoms with Gasteiger partial charge in [0.05, 0.1) is 18.6 Å². The molecule has 2 aliphatic rings. The quantitative estimate of drug-likeness (QED) is 0.854. The van der Waals surface area contributed by atoms with Crippen LogP contribution in [-0.4, -0.2) is 51.9 Å². The molecule has 2 N–H and O–H groups in total. The van der Waals surface area contributed by atoms with Crippen molar-refractivity contribution in [1.29, 1.82) is 0 Å². The fourth-order valence-corrected chi connectivity index (χ4v) is 3.72. The SMILES string of the molecule is O=C(CC1(O)CCCCC1)N1CC[C@](O)(COc2ccc(F)cc2)C1. The van der Waals surface area contributed by atoms with Gasteiger partial charge in [-0.15, -0.1) is 0 Å². The Morgan fingerprint density at radius 3 is 2.44 bits per heavy atom. The Hall–Kier alpha value is -1.66. The van der Waals surface area contributed by atoms with Crippen molar-refractivity contribution in [1.82, 2.24) is 4.90 Å². The molecule has 1 aliphatic carbocycles. The summed E-state index contributed by atoms with van der Waals surface area (Å²) in [4.78, 5) is 14.1. The van der Waals surface area contributed by atoms with Gasteiger partial charge in [0.15, 0.2) is 0 Å². The zero-order valence-corrected chi connectivity index (χ0v) is 14.4. The number of β-amino-alcohol motifs (C(OH)–C–C–N with tert-alkyl or cyclic N) is 1. The standard InChI is InChI=1S/C19H26FNO4/c20-15-4-6-16(7-5-15)25-14-19(24)10-11-21(13-19)17(22)12-18(23)8-2-1-3-9-18/h4-7,23-24H,1-3,8-14H2/t19-/m1/s1. The first-order chi connectivity index (χ1) is 11.9. The smallest absolute Gasteiger partial charge is 0.225 e. The third-order valence-corrected chi connectivity index (χ3v) is 5.27. The molecule has 1 saturated carbocycles. The molecular weight excluding hydrogens is 325 g/mol. The minimum Gasteiger partial charge on any atom is -0.491 e. The summed E-state index contributed by atoms with van der Waals surface area (Å²) in [5, 5.41) is 21.2. The average Bonchev–Trinajstić information content (AvgIpc) is 2.98. The molecule has 1 atom stereocenters. The van der Waals surface area contributed by atoms with Crippen molar-refractivity contribution in [2.75, 3.05) is 19.7 Å². The lowest BCUT2D eigenvalue weighted by Crippen LogP contribution is -2.43. The van der Waals surface area contributed by atoms with Gasteiger partial charge in [0, 0.05) is 6.54 Å². The maximum atomic E-state index is 12.9. The number of likely N-dealkylation sites (tertiary alicyclic amines) is 1. The van der Waals surface area contributed by atoms with E-state index in [0.717, 1.165) is 19.3 Å². The molecule has 138 valence electrons. The van der Waals surface area contributed by atoms with Gasteiger partial charge in [-0.05, 0) is 43.5 Å². The lowest BCUT2D eigenvalue weighted by atomic mass is 9.82. The Morgan fingerprint density at radius 2 is 1.76 bits per heavy atom. The summed E-state index contributed by atoms with van der Waals surface area (Å²) in [5.41, 5.74) is -2.00. The van der Waals surface area contributed by atoms with E-state index in [1.165, 1.54) is 24.3 Å². The summed E-state index contributed by atoms with van der Waals surface area (Å²) < 4.78 is 18.4. The van der Waals surface area contributed by atoms with Crippen molar-refractivity contribution in [3.05, 3.63) is 30.1 Å². The molecular formula is C19H26FNO4. The van der Waals surface area contributed by atoms with E-state index in [0.29, 0.717) is 31.6 Å². The van der Waals surface area contributed by atoms with E-state index in [1.54, 1.807) is 4.90 Å². The van der Waals surface area contributed by atoms with Gasteiger partial charge in [-0.25, -0.2) is 4.39 Å². The summed E-state index contributed by atoms with van der Waals surface area (Å²) in [5.74, 6) is 0.0302. The molecule has 1 aromatic rings. The highest BCUT2D eigenvalue weighted by Gasteiger charge is 2.41. The third kappa shape index (κ3) is 4.70. The zero-order valence-electron chi connectivity index (χ0n) is 14.4. The first-order valence-corrected chi connectivity index (χ1v) is 8.99. The Labute approximate surface area is 147 Å². The number of hydrogen-bond acceptors (Lipinski definition) is 4. The molecule has 2 fully saturated rings. The summed E-state index contributed by atoms with van der Waals surface area (Å²) in [7, 11) is 0. The van der Waals surface area contributed by atoms with Gasteiger partial charge in [0.2, 0.25) is 5.91 Å². The predicted octanol–water partition coefficient (Wildman–Crippen LogP) is 2.25. The summed E-state index contributed by atoms with van der Waals surface area (Å²) in [6.45, 7) is 0.702. The molecule has 0 unspecified atom stereocenters. The van der Waals surface area contributed by atoms with E-state index in [-0.39, 0.29) is 31.3 Å². The van der Waals surface area contributed by atoms with Crippen molar-refractivity contribution in [2.24, 2.45) is 0 Å². The second kappa shape index (κ2) is 7.30. The van der Waals surface area contributed by atoms with E-state index < -0.39 is 11.2 Å². The summed E-state index contributed by atoms with van der Waals surface area (Å²) in [6, 6.07) is 5.62. The van der Waals surface area contributed by atoms with E-state index in [4.69, 9.17) is 4.74 Å². The lowest BCUT2D eigenvalue weighted by molar-refractivity contribution is -0.138. The second-order valence-corrected chi connectivity index (χ2v) is 7.49. The number of amides is 1. The molecule has 1 aromatic carbocycles. The van der Waals surface area contributed by atoms with Crippen LogP contribution < -0.4 is 4.74 Å². The summed E-state index contributed by atoms with van der Waals surface area (Å²) >= 11 is 0. The van der Waals surface area contributed by atoms with Crippen LogP contribution in [0.15, 0.2) is 24.3 Å². The van der Waals surface area contributed by atoms with Gasteiger partial charge < -0.3 is 19.8 Å². The van der Waals surface area contributed by atoms with Crippen molar-refractivity contribution in [3.63, 3.8) is 0 Å². The highest BCUT2D eigenvalue weighted by Crippen LogP contribution is 2.32. The van der Waals surface area contributed by atoms with Crippen molar-refractivity contribution in [2.45, 2.75) is 56.1 Å². The number of carbonyl (C=O) groups excluding carboxylic acids is 1. The minimum atomic E-state index is -1.11. The third-order valence-electron chi connectivity index (χ3n) is 5.27. The number of ether oxygens (including phenoxy) is 1. The number of nitrogens with zero attached hydrogens (tertiary/aromatic N) is 1. The van der Waals surface area contributed by atoms with Gasteiger partial charge in [-0.2, -0.15) is 0 Å². The van der Waals surface area contributed by atoms with Crippen molar-refractivity contribution >= 4 is 5.91 Å². The Bertz CT molecular complexity index is 600. The first-order valence-electron chi connectivity index (χ1n) is 8.99. The monoisotopic (exact) mass is 351 g/mol. The molecule has 6 heteroatoms. The average molecular weight is 351 g/mol. The van der Waals surface area contributed by atoms with E-state index in [2.05, 4.69) is 0 Å².